The molecule has 5 nitrogen and oxygen atoms in total. The normalized spacial score (nSPS) is 15.6. The summed E-state index contributed by atoms with van der Waals surface area (Å²) in [6.45, 7) is 3.69. The van der Waals surface area contributed by atoms with E-state index in [0.717, 1.165) is 17.0 Å². The van der Waals surface area contributed by atoms with Crippen LogP contribution in [-0.4, -0.2) is 35.1 Å². The van der Waals surface area contributed by atoms with Gasteiger partial charge in [0.15, 0.2) is 0 Å². The number of nitrogens with two attached hydrogens (primary N) is 1. The van der Waals surface area contributed by atoms with E-state index in [1.807, 2.05) is 13.0 Å². The third-order valence-corrected chi connectivity index (χ3v) is 4.82. The van der Waals surface area contributed by atoms with Crippen LogP contribution in [0, 0.1) is 6.92 Å². The molecule has 0 radical (unpaired) electrons. The van der Waals surface area contributed by atoms with Gasteiger partial charge in [-0.1, -0.05) is 6.42 Å². The minimum absolute atomic E-state index is 0.176. The zero-order chi connectivity index (χ0) is 13.8. The molecule has 0 atom stereocenters. The van der Waals surface area contributed by atoms with Crippen molar-refractivity contribution in [3.8, 4) is 0 Å². The standard InChI is InChI=1S/C13H21N3O2S/c1-9-10(7-12(19-9)13(18)15-14)8-16(5-6-17)11-3-2-4-11/h7,11,17H,2-6,8,14H2,1H3,(H,15,18). The van der Waals surface area contributed by atoms with Crippen LogP contribution in [0.15, 0.2) is 6.07 Å². The zero-order valence-electron chi connectivity index (χ0n) is 11.2. The van der Waals surface area contributed by atoms with E-state index < -0.39 is 0 Å². The fourth-order valence-corrected chi connectivity index (χ4v) is 3.29. The van der Waals surface area contributed by atoms with Crippen LogP contribution >= 0.6 is 11.3 Å². The van der Waals surface area contributed by atoms with E-state index in [1.54, 1.807) is 0 Å². The van der Waals surface area contributed by atoms with E-state index in [9.17, 15) is 4.79 Å². The van der Waals surface area contributed by atoms with Gasteiger partial charge < -0.3 is 5.11 Å². The lowest BCUT2D eigenvalue weighted by Gasteiger charge is -2.37. The van der Waals surface area contributed by atoms with Crippen molar-refractivity contribution in [3.63, 3.8) is 0 Å². The molecular formula is C13H21N3O2S. The first-order chi connectivity index (χ1) is 9.15. The predicted octanol–water partition coefficient (Wildman–Crippen LogP) is 1.01. The van der Waals surface area contributed by atoms with Crippen molar-refractivity contribution >= 4 is 17.2 Å². The summed E-state index contributed by atoms with van der Waals surface area (Å²) >= 11 is 1.46. The lowest BCUT2D eigenvalue weighted by Crippen LogP contribution is -2.41. The third-order valence-electron chi connectivity index (χ3n) is 3.73. The number of hydrogen-bond acceptors (Lipinski definition) is 5. The first-order valence-electron chi connectivity index (χ1n) is 6.61. The number of hydrazine groups is 1. The number of aliphatic hydroxyl groups excluding tert-OH is 1. The highest BCUT2D eigenvalue weighted by Crippen LogP contribution is 2.28. The van der Waals surface area contributed by atoms with Gasteiger partial charge in [0.25, 0.3) is 5.91 Å². The quantitative estimate of drug-likeness (QED) is 0.413. The molecule has 1 saturated carbocycles. The van der Waals surface area contributed by atoms with Crippen LogP contribution in [0.1, 0.15) is 39.4 Å². The molecule has 1 heterocycles. The van der Waals surface area contributed by atoms with Crippen LogP contribution in [0.3, 0.4) is 0 Å². The summed E-state index contributed by atoms with van der Waals surface area (Å²) < 4.78 is 0. The monoisotopic (exact) mass is 283 g/mol. The van der Waals surface area contributed by atoms with Crippen LogP contribution in [-0.2, 0) is 6.54 Å². The lowest BCUT2D eigenvalue weighted by atomic mass is 9.91. The number of nitrogens with one attached hydrogen (secondary N) is 1. The number of aryl methyl sites for hydroxylation is 1. The first-order valence-corrected chi connectivity index (χ1v) is 7.42. The summed E-state index contributed by atoms with van der Waals surface area (Å²) in [4.78, 5) is 15.6. The Hall–Kier alpha value is -0.950. The van der Waals surface area contributed by atoms with Gasteiger partial charge in [-0.05, 0) is 31.4 Å². The molecule has 1 fully saturated rings. The molecule has 2 rings (SSSR count). The molecule has 6 heteroatoms. The van der Waals surface area contributed by atoms with Crippen LogP contribution in [0.4, 0.5) is 0 Å². The molecule has 1 amide bonds. The highest BCUT2D eigenvalue weighted by atomic mass is 32.1. The van der Waals surface area contributed by atoms with Gasteiger partial charge in [0.1, 0.15) is 0 Å². The second-order valence-corrected chi connectivity index (χ2v) is 6.20. The zero-order valence-corrected chi connectivity index (χ0v) is 12.0. The minimum Gasteiger partial charge on any atom is -0.395 e. The van der Waals surface area contributed by atoms with E-state index in [1.165, 1.54) is 30.6 Å². The molecule has 106 valence electrons. The largest absolute Gasteiger partial charge is 0.395 e. The van der Waals surface area contributed by atoms with Gasteiger partial charge >= 0.3 is 0 Å². The van der Waals surface area contributed by atoms with Crippen molar-refractivity contribution in [1.29, 1.82) is 0 Å². The topological polar surface area (TPSA) is 78.6 Å². The van der Waals surface area contributed by atoms with Crippen LogP contribution < -0.4 is 11.3 Å². The van der Waals surface area contributed by atoms with Gasteiger partial charge in [0.05, 0.1) is 11.5 Å². The molecule has 4 N–H and O–H groups in total. The van der Waals surface area contributed by atoms with Gasteiger partial charge in [0, 0.05) is 24.0 Å². The van der Waals surface area contributed by atoms with Crippen molar-refractivity contribution in [2.45, 2.75) is 38.8 Å². The number of nitrogen functional groups attached to an aromatic ring is 1. The lowest BCUT2D eigenvalue weighted by molar-refractivity contribution is 0.0939. The van der Waals surface area contributed by atoms with Gasteiger partial charge in [-0.3, -0.25) is 15.1 Å². The second-order valence-electron chi connectivity index (χ2n) is 4.94. The van der Waals surface area contributed by atoms with Gasteiger partial charge in [0.2, 0.25) is 0 Å². The fraction of sp³-hybridized carbons (Fsp3) is 0.615. The van der Waals surface area contributed by atoms with E-state index in [0.29, 0.717) is 17.5 Å². The number of thiophene rings is 1. The van der Waals surface area contributed by atoms with Crippen LogP contribution in [0.2, 0.25) is 0 Å². The molecule has 0 aliphatic heterocycles. The Morgan fingerprint density at radius 1 is 1.63 bits per heavy atom. The highest BCUT2D eigenvalue weighted by molar-refractivity contribution is 7.14. The molecule has 0 saturated heterocycles. The van der Waals surface area contributed by atoms with Crippen molar-refractivity contribution < 1.29 is 9.90 Å². The summed E-state index contributed by atoms with van der Waals surface area (Å²) in [5.41, 5.74) is 3.32. The molecule has 0 spiro atoms. The summed E-state index contributed by atoms with van der Waals surface area (Å²) in [6, 6.07) is 2.49. The first kappa shape index (κ1) is 14.5. The van der Waals surface area contributed by atoms with E-state index in [-0.39, 0.29) is 12.5 Å². The highest BCUT2D eigenvalue weighted by Gasteiger charge is 2.25. The summed E-state index contributed by atoms with van der Waals surface area (Å²) in [6.07, 6.45) is 3.69. The summed E-state index contributed by atoms with van der Waals surface area (Å²) in [7, 11) is 0. The Kier molecular flexibility index (Phi) is 4.93. The molecule has 1 aliphatic carbocycles. The minimum atomic E-state index is -0.239. The number of carbonyl (C=O) groups excluding carboxylic acids is 1. The average molecular weight is 283 g/mol. The smallest absolute Gasteiger partial charge is 0.275 e. The van der Waals surface area contributed by atoms with Gasteiger partial charge in [-0.15, -0.1) is 11.3 Å². The SMILES string of the molecule is Cc1sc(C(=O)NN)cc1CN(CCO)C1CCC1. The number of rotatable bonds is 6. The van der Waals surface area contributed by atoms with E-state index in [2.05, 4.69) is 10.3 Å². The molecule has 0 unspecified atom stereocenters. The number of hydrogen-bond donors (Lipinski definition) is 3. The van der Waals surface area contributed by atoms with Crippen LogP contribution in [0.5, 0.6) is 0 Å². The second kappa shape index (κ2) is 6.47. The van der Waals surface area contributed by atoms with Crippen molar-refractivity contribution in [2.75, 3.05) is 13.2 Å². The summed E-state index contributed by atoms with van der Waals surface area (Å²) in [5, 5.41) is 9.16. The average Bonchev–Trinajstić information content (AvgIpc) is 2.68. The van der Waals surface area contributed by atoms with Crippen molar-refractivity contribution in [2.24, 2.45) is 5.84 Å². The molecule has 0 aromatic carbocycles. The Labute approximate surface area is 117 Å². The number of aliphatic hydroxyl groups is 1. The molecule has 1 aliphatic rings. The van der Waals surface area contributed by atoms with Crippen molar-refractivity contribution in [3.05, 3.63) is 21.4 Å². The Balaban J connectivity index is 2.07. The number of carbonyl (C=O) groups is 1. The Bertz CT molecular complexity index is 443. The molecule has 1 aromatic rings. The fourth-order valence-electron chi connectivity index (χ4n) is 2.35. The Morgan fingerprint density at radius 3 is 2.89 bits per heavy atom. The Morgan fingerprint density at radius 2 is 2.37 bits per heavy atom. The number of amides is 1. The van der Waals surface area contributed by atoms with Crippen LogP contribution in [0.25, 0.3) is 0 Å². The van der Waals surface area contributed by atoms with Gasteiger partial charge in [-0.25, -0.2) is 5.84 Å². The predicted molar refractivity (Wildman–Crippen MR) is 75.8 cm³/mol. The van der Waals surface area contributed by atoms with E-state index in [4.69, 9.17) is 10.9 Å². The maximum atomic E-state index is 11.5. The molecule has 19 heavy (non-hydrogen) atoms. The maximum Gasteiger partial charge on any atom is 0.275 e. The number of nitrogens with zero attached hydrogens (tertiary/aromatic N) is 1. The molecule has 1 aromatic heterocycles. The van der Waals surface area contributed by atoms with Crippen molar-refractivity contribution in [1.82, 2.24) is 10.3 Å². The molecular weight excluding hydrogens is 262 g/mol. The van der Waals surface area contributed by atoms with E-state index >= 15 is 0 Å². The van der Waals surface area contributed by atoms with Gasteiger partial charge in [-0.2, -0.15) is 0 Å². The molecule has 0 bridgehead atoms. The third kappa shape index (κ3) is 3.33. The summed E-state index contributed by atoms with van der Waals surface area (Å²) in [5.74, 6) is 4.92. The maximum absolute atomic E-state index is 11.5.